The zero-order valence-corrected chi connectivity index (χ0v) is 6.52. The average Bonchev–Trinajstić information content (AvgIpc) is 2.16. The number of rotatable bonds is 0. The molecule has 60 valence electrons. The molecule has 10 heavy (non-hydrogen) atoms. The lowest BCUT2D eigenvalue weighted by molar-refractivity contribution is 0.540. The number of hydrogen-bond acceptors (Lipinski definition) is 4. The van der Waals surface area contributed by atoms with Gasteiger partial charge in [-0.1, -0.05) is 20.4 Å². The topological polar surface area (TPSA) is 76.1 Å². The van der Waals surface area contributed by atoms with Crippen LogP contribution in [-0.2, 0) is 0 Å². The van der Waals surface area contributed by atoms with Gasteiger partial charge in [-0.05, 0) is 0 Å². The van der Waals surface area contributed by atoms with E-state index >= 15 is 0 Å². The molecule has 0 spiro atoms. The molecule has 6 N–H and O–H groups in total. The molecule has 0 bridgehead atoms. The fourth-order valence-corrected chi connectivity index (χ4v) is 0.624. The Hall–Kier alpha value is -0.740. The van der Waals surface area contributed by atoms with Crippen LogP contribution in [0.5, 0.6) is 0 Å². The number of nitrogens with two attached hydrogens (primary N) is 2. The second-order valence-electron chi connectivity index (χ2n) is 1.82. The van der Waals surface area contributed by atoms with E-state index in [0.717, 1.165) is 0 Å². The summed E-state index contributed by atoms with van der Waals surface area (Å²) < 4.78 is 0. The van der Waals surface area contributed by atoms with Crippen LogP contribution in [0.2, 0.25) is 0 Å². The van der Waals surface area contributed by atoms with Gasteiger partial charge < -0.3 is 22.1 Å². The van der Waals surface area contributed by atoms with Gasteiger partial charge in [0, 0.05) is 0 Å². The quantitative estimate of drug-likeness (QED) is 0.361. The van der Waals surface area contributed by atoms with E-state index in [0.29, 0.717) is 5.82 Å². The zero-order valence-electron chi connectivity index (χ0n) is 6.52. The maximum atomic E-state index is 5.41. The van der Waals surface area contributed by atoms with Gasteiger partial charge >= 0.3 is 0 Å². The van der Waals surface area contributed by atoms with Crippen LogP contribution in [0.4, 0.5) is 0 Å². The number of nitrogens with one attached hydrogen (secondary N) is 2. The SMILES string of the molecule is C=C1NC(N)C(N)N1.CC. The minimum atomic E-state index is -0.192. The van der Waals surface area contributed by atoms with Crippen molar-refractivity contribution < 1.29 is 0 Å². The van der Waals surface area contributed by atoms with Crippen molar-refractivity contribution in [2.75, 3.05) is 0 Å². The van der Waals surface area contributed by atoms with Gasteiger partial charge in [-0.2, -0.15) is 0 Å². The highest BCUT2D eigenvalue weighted by atomic mass is 15.3. The van der Waals surface area contributed by atoms with Crippen LogP contribution >= 0.6 is 0 Å². The van der Waals surface area contributed by atoms with E-state index < -0.39 is 0 Å². The van der Waals surface area contributed by atoms with E-state index in [-0.39, 0.29) is 12.3 Å². The van der Waals surface area contributed by atoms with Crippen LogP contribution in [0.1, 0.15) is 13.8 Å². The van der Waals surface area contributed by atoms with Gasteiger partial charge in [-0.3, -0.25) is 0 Å². The molecule has 4 heteroatoms. The summed E-state index contributed by atoms with van der Waals surface area (Å²) in [4.78, 5) is 0. The lowest BCUT2D eigenvalue weighted by Crippen LogP contribution is -2.46. The largest absolute Gasteiger partial charge is 0.354 e. The van der Waals surface area contributed by atoms with Gasteiger partial charge in [0.05, 0.1) is 5.82 Å². The molecular formula is C6H16N4. The zero-order chi connectivity index (χ0) is 8.15. The average molecular weight is 144 g/mol. The van der Waals surface area contributed by atoms with Crippen LogP contribution in [-0.4, -0.2) is 12.3 Å². The summed E-state index contributed by atoms with van der Waals surface area (Å²) >= 11 is 0. The van der Waals surface area contributed by atoms with Crippen molar-refractivity contribution in [3.05, 3.63) is 12.4 Å². The molecule has 2 unspecified atom stereocenters. The Morgan fingerprint density at radius 1 is 1.20 bits per heavy atom. The van der Waals surface area contributed by atoms with Crippen molar-refractivity contribution >= 4 is 0 Å². The molecule has 0 saturated carbocycles. The summed E-state index contributed by atoms with van der Waals surface area (Å²) in [5.74, 6) is 0.699. The molecule has 0 amide bonds. The smallest absolute Gasteiger partial charge is 0.110 e. The van der Waals surface area contributed by atoms with E-state index in [1.807, 2.05) is 13.8 Å². The van der Waals surface area contributed by atoms with Crippen molar-refractivity contribution in [3.63, 3.8) is 0 Å². The Morgan fingerprint density at radius 2 is 1.50 bits per heavy atom. The predicted molar refractivity (Wildman–Crippen MR) is 42.7 cm³/mol. The Labute approximate surface area is 61.7 Å². The minimum Gasteiger partial charge on any atom is -0.354 e. The third-order valence-corrected chi connectivity index (χ3v) is 1.07. The Balaban J connectivity index is 0.000000371. The lowest BCUT2D eigenvalue weighted by Gasteiger charge is -2.05. The lowest BCUT2D eigenvalue weighted by atomic mass is 10.4. The molecule has 1 rings (SSSR count). The molecule has 1 aliphatic heterocycles. The van der Waals surface area contributed by atoms with Gasteiger partial charge in [0.2, 0.25) is 0 Å². The molecule has 1 aliphatic rings. The maximum Gasteiger partial charge on any atom is 0.110 e. The first-order chi connectivity index (χ1) is 4.70. The molecule has 2 atom stereocenters. The van der Waals surface area contributed by atoms with Crippen molar-refractivity contribution in [1.82, 2.24) is 10.6 Å². The molecule has 0 aromatic carbocycles. The normalized spacial score (nSPS) is 29.8. The first-order valence-corrected chi connectivity index (χ1v) is 3.43. The Bertz CT molecular complexity index is 100. The van der Waals surface area contributed by atoms with E-state index in [4.69, 9.17) is 11.5 Å². The maximum absolute atomic E-state index is 5.41. The van der Waals surface area contributed by atoms with Gasteiger partial charge in [-0.25, -0.2) is 0 Å². The molecular weight excluding hydrogens is 128 g/mol. The Morgan fingerprint density at radius 3 is 1.60 bits per heavy atom. The predicted octanol–water partition coefficient (Wildman–Crippen LogP) is -0.754. The first-order valence-electron chi connectivity index (χ1n) is 3.43. The molecule has 1 heterocycles. The summed E-state index contributed by atoms with van der Waals surface area (Å²) in [6, 6.07) is 0. The second kappa shape index (κ2) is 4.14. The van der Waals surface area contributed by atoms with Crippen molar-refractivity contribution in [2.24, 2.45) is 11.5 Å². The van der Waals surface area contributed by atoms with Crippen LogP contribution < -0.4 is 22.1 Å². The second-order valence-corrected chi connectivity index (χ2v) is 1.82. The van der Waals surface area contributed by atoms with E-state index in [9.17, 15) is 0 Å². The van der Waals surface area contributed by atoms with Crippen molar-refractivity contribution in [2.45, 2.75) is 26.2 Å². The summed E-state index contributed by atoms with van der Waals surface area (Å²) in [5, 5.41) is 5.63. The molecule has 4 nitrogen and oxygen atoms in total. The van der Waals surface area contributed by atoms with Crippen LogP contribution in [0.3, 0.4) is 0 Å². The number of hydrogen-bond donors (Lipinski definition) is 4. The standard InChI is InChI=1S/C4H10N4.C2H6/c1-2-7-3(5)4(6)8-2;1-2/h3-4,7-8H,1,5-6H2;1-2H3. The van der Waals surface area contributed by atoms with E-state index in [2.05, 4.69) is 17.2 Å². The van der Waals surface area contributed by atoms with E-state index in [1.54, 1.807) is 0 Å². The third-order valence-electron chi connectivity index (χ3n) is 1.07. The van der Waals surface area contributed by atoms with Crippen molar-refractivity contribution in [1.29, 1.82) is 0 Å². The van der Waals surface area contributed by atoms with Crippen molar-refractivity contribution in [3.8, 4) is 0 Å². The van der Waals surface area contributed by atoms with E-state index in [1.165, 1.54) is 0 Å². The molecule has 0 aliphatic carbocycles. The Kier molecular flexibility index (Phi) is 3.83. The van der Waals surface area contributed by atoms with Gasteiger partial charge in [0.15, 0.2) is 0 Å². The van der Waals surface area contributed by atoms with Crippen LogP contribution in [0.15, 0.2) is 12.4 Å². The molecule has 0 aromatic rings. The minimum absolute atomic E-state index is 0.192. The third kappa shape index (κ3) is 2.24. The summed E-state index contributed by atoms with van der Waals surface area (Å²) in [6.45, 7) is 7.57. The fraction of sp³-hybridized carbons (Fsp3) is 0.667. The first kappa shape index (κ1) is 9.26. The highest BCUT2D eigenvalue weighted by Crippen LogP contribution is 1.92. The monoisotopic (exact) mass is 144 g/mol. The molecule has 1 fully saturated rings. The van der Waals surface area contributed by atoms with Gasteiger partial charge in [0.1, 0.15) is 12.3 Å². The van der Waals surface area contributed by atoms with Gasteiger partial charge in [-0.15, -0.1) is 0 Å². The van der Waals surface area contributed by atoms with Crippen LogP contribution in [0.25, 0.3) is 0 Å². The molecule has 0 radical (unpaired) electrons. The highest BCUT2D eigenvalue weighted by molar-refractivity contribution is 5.01. The molecule has 1 saturated heterocycles. The molecule has 0 aromatic heterocycles. The summed E-state index contributed by atoms with van der Waals surface area (Å²) in [6.07, 6.45) is -0.384. The highest BCUT2D eigenvalue weighted by Gasteiger charge is 2.19. The summed E-state index contributed by atoms with van der Waals surface area (Å²) in [7, 11) is 0. The summed E-state index contributed by atoms with van der Waals surface area (Å²) in [5.41, 5.74) is 10.8. The fourth-order valence-electron chi connectivity index (χ4n) is 0.624. The van der Waals surface area contributed by atoms with Crippen LogP contribution in [0, 0.1) is 0 Å². The van der Waals surface area contributed by atoms with Gasteiger partial charge in [0.25, 0.3) is 0 Å².